The third kappa shape index (κ3) is 7.92. The second kappa shape index (κ2) is 11.6. The molecule has 2 aromatic carbocycles. The van der Waals surface area contributed by atoms with Gasteiger partial charge in [0.2, 0.25) is 5.91 Å². The van der Waals surface area contributed by atoms with E-state index in [0.717, 1.165) is 17.7 Å². The molecule has 186 valence electrons. The molecule has 2 N–H and O–H groups in total. The highest BCUT2D eigenvalue weighted by molar-refractivity contribution is 5.78. The first-order valence-corrected chi connectivity index (χ1v) is 10.6. The van der Waals surface area contributed by atoms with Gasteiger partial charge in [0.1, 0.15) is 11.9 Å². The molecule has 0 spiro atoms. The number of carboxylic acids is 1. The van der Waals surface area contributed by atoms with E-state index in [1.165, 1.54) is 23.3 Å². The topological polar surface area (TPSA) is 93.5 Å². The molecule has 0 radical (unpaired) electrons. The third-order valence-corrected chi connectivity index (χ3v) is 5.06. The van der Waals surface area contributed by atoms with Gasteiger partial charge in [-0.15, -0.1) is 0 Å². The van der Waals surface area contributed by atoms with Crippen molar-refractivity contribution >= 4 is 11.9 Å². The number of carbonyl (C=O) groups is 2. The number of hydrogen-bond donors (Lipinski definition) is 2. The lowest BCUT2D eigenvalue weighted by atomic mass is 10.1. The van der Waals surface area contributed by atoms with Gasteiger partial charge in [-0.25, -0.2) is 9.18 Å². The van der Waals surface area contributed by atoms with Gasteiger partial charge in [0, 0.05) is 12.7 Å². The van der Waals surface area contributed by atoms with Crippen molar-refractivity contribution in [1.29, 1.82) is 0 Å². The van der Waals surface area contributed by atoms with Gasteiger partial charge in [-0.3, -0.25) is 9.48 Å². The number of hydrogen-bond acceptors (Lipinski definition) is 4. The lowest BCUT2D eigenvalue weighted by Gasteiger charge is -2.22. The normalized spacial score (nSPS) is 14.9. The number of fused-ring (bicyclic) bond motifs is 1. The number of halogens is 4. The van der Waals surface area contributed by atoms with Crippen LogP contribution < -0.4 is 5.32 Å². The Hall–Kier alpha value is -3.73. The van der Waals surface area contributed by atoms with E-state index in [2.05, 4.69) is 23.6 Å². The molecule has 3 aromatic rings. The minimum absolute atomic E-state index is 0.119. The largest absolute Gasteiger partial charge is 0.490 e. The fourth-order valence-electron chi connectivity index (χ4n) is 3.40. The highest BCUT2D eigenvalue weighted by Crippen LogP contribution is 2.25. The zero-order valence-corrected chi connectivity index (χ0v) is 18.5. The van der Waals surface area contributed by atoms with Gasteiger partial charge in [0.05, 0.1) is 25.3 Å². The molecule has 1 aliphatic rings. The van der Waals surface area contributed by atoms with Crippen LogP contribution in [0.25, 0.3) is 0 Å². The van der Waals surface area contributed by atoms with Crippen LogP contribution in [0.2, 0.25) is 0 Å². The molecule has 0 fully saturated rings. The van der Waals surface area contributed by atoms with Crippen molar-refractivity contribution < 1.29 is 37.0 Å². The Morgan fingerprint density at radius 1 is 1.09 bits per heavy atom. The Balaban J connectivity index is 0.000000429. The van der Waals surface area contributed by atoms with E-state index >= 15 is 0 Å². The summed E-state index contributed by atoms with van der Waals surface area (Å²) in [5.41, 5.74) is 4.02. The van der Waals surface area contributed by atoms with Crippen LogP contribution in [0.15, 0.2) is 60.8 Å². The predicted octanol–water partition coefficient (Wildman–Crippen LogP) is 3.68. The Morgan fingerprint density at radius 2 is 1.74 bits per heavy atom. The Labute approximate surface area is 198 Å². The van der Waals surface area contributed by atoms with Crippen molar-refractivity contribution in [3.05, 3.63) is 89.0 Å². The van der Waals surface area contributed by atoms with Crippen molar-refractivity contribution in [2.75, 3.05) is 13.2 Å². The second-order valence-electron chi connectivity index (χ2n) is 7.74. The summed E-state index contributed by atoms with van der Waals surface area (Å²) in [6.45, 7) is 1.69. The number of carboxylic acid groups (broad SMARTS) is 1. The maximum atomic E-state index is 13.0. The van der Waals surface area contributed by atoms with Gasteiger partial charge in [-0.05, 0) is 35.2 Å². The molecule has 0 saturated heterocycles. The van der Waals surface area contributed by atoms with Crippen LogP contribution in [-0.4, -0.2) is 46.1 Å². The van der Waals surface area contributed by atoms with E-state index in [-0.39, 0.29) is 24.2 Å². The van der Waals surface area contributed by atoms with Gasteiger partial charge < -0.3 is 15.2 Å². The number of ether oxygens (including phenoxy) is 1. The SMILES string of the molecule is O=C(Cc1ccc(F)cc1)NCC1OCCc2cn(Cc3ccccc3)nc21.O=C(O)C(F)(F)F. The van der Waals surface area contributed by atoms with Crippen LogP contribution in [0.4, 0.5) is 17.6 Å². The second-order valence-corrected chi connectivity index (χ2v) is 7.74. The summed E-state index contributed by atoms with van der Waals surface area (Å²) in [6.07, 6.45) is -2.23. The van der Waals surface area contributed by atoms with E-state index < -0.39 is 12.1 Å². The number of aromatic nitrogens is 2. The quantitative estimate of drug-likeness (QED) is 0.511. The summed E-state index contributed by atoms with van der Waals surface area (Å²) < 4.78 is 52.5. The first kappa shape index (κ1) is 25.9. The molecule has 1 atom stereocenters. The standard InChI is InChI=1S/C22H22FN3O2.C2HF3O2/c23-19-8-6-16(7-9-19)12-21(27)24-13-20-22-18(10-11-28-20)15-26(25-22)14-17-4-2-1-3-5-17;3-2(4,5)1(6)7/h1-9,15,20H,10-14H2,(H,24,27);(H,6,7). The zero-order chi connectivity index (χ0) is 25.4. The average Bonchev–Trinajstić information content (AvgIpc) is 3.22. The molecule has 0 bridgehead atoms. The Bertz CT molecular complexity index is 1130. The molecule has 1 amide bonds. The molecule has 2 heterocycles. The fraction of sp³-hybridized carbons (Fsp3) is 0.292. The molecular weight excluding hydrogens is 470 g/mol. The number of rotatable bonds is 6. The van der Waals surface area contributed by atoms with Crippen molar-refractivity contribution in [3.8, 4) is 0 Å². The summed E-state index contributed by atoms with van der Waals surface area (Å²) in [5.74, 6) is -3.18. The smallest absolute Gasteiger partial charge is 0.475 e. The lowest BCUT2D eigenvalue weighted by molar-refractivity contribution is -0.192. The van der Waals surface area contributed by atoms with E-state index in [0.29, 0.717) is 19.7 Å². The number of nitrogens with zero attached hydrogens (tertiary/aromatic N) is 2. The molecule has 0 aliphatic carbocycles. The number of alkyl halides is 3. The van der Waals surface area contributed by atoms with Crippen LogP contribution in [0.3, 0.4) is 0 Å². The van der Waals surface area contributed by atoms with E-state index in [1.54, 1.807) is 12.1 Å². The van der Waals surface area contributed by atoms with E-state index in [9.17, 15) is 22.4 Å². The molecule has 0 saturated carbocycles. The molecule has 1 unspecified atom stereocenters. The predicted molar refractivity (Wildman–Crippen MR) is 117 cm³/mol. The summed E-state index contributed by atoms with van der Waals surface area (Å²) in [7, 11) is 0. The van der Waals surface area contributed by atoms with Gasteiger partial charge in [0.15, 0.2) is 0 Å². The maximum Gasteiger partial charge on any atom is 0.490 e. The minimum Gasteiger partial charge on any atom is -0.475 e. The number of benzene rings is 2. The first-order chi connectivity index (χ1) is 16.6. The molecule has 1 aliphatic heterocycles. The van der Waals surface area contributed by atoms with Gasteiger partial charge in [-0.1, -0.05) is 42.5 Å². The molecule has 11 heteroatoms. The number of aliphatic carboxylic acids is 1. The van der Waals surface area contributed by atoms with Gasteiger partial charge in [-0.2, -0.15) is 18.3 Å². The maximum absolute atomic E-state index is 13.0. The van der Waals surface area contributed by atoms with E-state index in [1.807, 2.05) is 22.9 Å². The Kier molecular flexibility index (Phi) is 8.58. The van der Waals surface area contributed by atoms with Gasteiger partial charge in [0.25, 0.3) is 0 Å². The molecule has 7 nitrogen and oxygen atoms in total. The third-order valence-electron chi connectivity index (χ3n) is 5.06. The lowest BCUT2D eigenvalue weighted by Crippen LogP contribution is -2.32. The van der Waals surface area contributed by atoms with Crippen LogP contribution in [-0.2, 0) is 33.7 Å². The van der Waals surface area contributed by atoms with Crippen molar-refractivity contribution in [2.45, 2.75) is 31.7 Å². The Morgan fingerprint density at radius 3 is 2.37 bits per heavy atom. The number of carbonyl (C=O) groups excluding carboxylic acids is 1. The first-order valence-electron chi connectivity index (χ1n) is 10.6. The van der Waals surface area contributed by atoms with Crippen LogP contribution in [0, 0.1) is 5.82 Å². The number of nitrogens with one attached hydrogen (secondary N) is 1. The monoisotopic (exact) mass is 493 g/mol. The minimum atomic E-state index is -5.08. The van der Waals surface area contributed by atoms with Gasteiger partial charge >= 0.3 is 12.1 Å². The molecule has 1 aromatic heterocycles. The molecule has 4 rings (SSSR count). The van der Waals surface area contributed by atoms with Crippen molar-refractivity contribution in [2.24, 2.45) is 0 Å². The summed E-state index contributed by atoms with van der Waals surface area (Å²) >= 11 is 0. The summed E-state index contributed by atoms with van der Waals surface area (Å²) in [6, 6.07) is 16.1. The average molecular weight is 493 g/mol. The summed E-state index contributed by atoms with van der Waals surface area (Å²) in [5, 5.41) is 14.7. The molecule has 35 heavy (non-hydrogen) atoms. The highest BCUT2D eigenvalue weighted by Gasteiger charge is 2.38. The van der Waals surface area contributed by atoms with E-state index in [4.69, 9.17) is 19.7 Å². The number of amides is 1. The fourth-order valence-corrected chi connectivity index (χ4v) is 3.40. The van der Waals surface area contributed by atoms with Crippen LogP contribution >= 0.6 is 0 Å². The van der Waals surface area contributed by atoms with Crippen LogP contribution in [0.5, 0.6) is 0 Å². The zero-order valence-electron chi connectivity index (χ0n) is 18.5. The van der Waals surface area contributed by atoms with Crippen molar-refractivity contribution in [3.63, 3.8) is 0 Å². The summed E-state index contributed by atoms with van der Waals surface area (Å²) in [4.78, 5) is 21.1. The van der Waals surface area contributed by atoms with Crippen molar-refractivity contribution in [1.82, 2.24) is 15.1 Å². The molecular formula is C24H23F4N3O4. The van der Waals surface area contributed by atoms with Crippen LogP contribution in [0.1, 0.15) is 28.5 Å². The highest BCUT2D eigenvalue weighted by atomic mass is 19.4.